The van der Waals surface area contributed by atoms with E-state index in [1.807, 2.05) is 26.0 Å². The van der Waals surface area contributed by atoms with Gasteiger partial charge in [0, 0.05) is 5.92 Å². The van der Waals surface area contributed by atoms with Gasteiger partial charge in [0.15, 0.2) is 0 Å². The molecule has 8 heavy (non-hydrogen) atoms. The van der Waals surface area contributed by atoms with Gasteiger partial charge in [-0.2, -0.15) is 0 Å². The molecule has 1 unspecified atom stereocenters. The minimum absolute atomic E-state index is 0.216. The average Bonchev–Trinajstić information content (AvgIpc) is 1.67. The van der Waals surface area contributed by atoms with Gasteiger partial charge in [-0.3, -0.25) is 0 Å². The summed E-state index contributed by atoms with van der Waals surface area (Å²) in [6, 6.07) is 0. The third-order valence-electron chi connectivity index (χ3n) is 1.10. The fraction of sp³-hybridized carbons (Fsp3) is 0.667. The van der Waals surface area contributed by atoms with Gasteiger partial charge in [0.25, 0.3) is 0 Å². The molecule has 0 spiro atoms. The number of hydrogen-bond acceptors (Lipinski definition) is 2. The van der Waals surface area contributed by atoms with E-state index in [1.165, 1.54) is 0 Å². The summed E-state index contributed by atoms with van der Waals surface area (Å²) in [5, 5.41) is 0. The van der Waals surface area contributed by atoms with E-state index in [0.717, 1.165) is 0 Å². The molecular weight excluding hydrogens is 100 g/mol. The molecule has 0 bridgehead atoms. The van der Waals surface area contributed by atoms with E-state index in [2.05, 4.69) is 0 Å². The minimum Gasteiger partial charge on any atom is -0.316 e. The molecule has 2 nitrogen and oxygen atoms in total. The lowest BCUT2D eigenvalue weighted by molar-refractivity contribution is 0.558. The maximum Gasteiger partial charge on any atom is 0.0582 e. The third kappa shape index (κ3) is 2.77. The Morgan fingerprint density at radius 2 is 1.88 bits per heavy atom. The molecular formula is C6H14N2. The van der Waals surface area contributed by atoms with Crippen LogP contribution in [-0.4, -0.2) is 6.17 Å². The van der Waals surface area contributed by atoms with Gasteiger partial charge < -0.3 is 11.5 Å². The first-order chi connectivity index (χ1) is 3.68. The first kappa shape index (κ1) is 7.66. The van der Waals surface area contributed by atoms with E-state index in [9.17, 15) is 0 Å². The van der Waals surface area contributed by atoms with Crippen molar-refractivity contribution in [3.8, 4) is 0 Å². The summed E-state index contributed by atoms with van der Waals surface area (Å²) in [6.45, 7) is 3.95. The van der Waals surface area contributed by atoms with Crippen LogP contribution >= 0.6 is 0 Å². The van der Waals surface area contributed by atoms with Gasteiger partial charge in [-0.15, -0.1) is 0 Å². The third-order valence-corrected chi connectivity index (χ3v) is 1.10. The monoisotopic (exact) mass is 114 g/mol. The molecule has 0 aliphatic rings. The quantitative estimate of drug-likeness (QED) is 0.404. The predicted molar refractivity (Wildman–Crippen MR) is 36.1 cm³/mol. The van der Waals surface area contributed by atoms with Crippen LogP contribution in [0.15, 0.2) is 12.2 Å². The largest absolute Gasteiger partial charge is 0.316 e. The second-order valence-electron chi connectivity index (χ2n) is 1.96. The molecule has 48 valence electrons. The molecule has 0 aromatic heterocycles. The summed E-state index contributed by atoms with van der Waals surface area (Å²) in [7, 11) is 0. The van der Waals surface area contributed by atoms with Crippen molar-refractivity contribution in [2.75, 3.05) is 0 Å². The van der Waals surface area contributed by atoms with Crippen molar-refractivity contribution in [1.29, 1.82) is 0 Å². The molecule has 0 heterocycles. The molecule has 2 heteroatoms. The highest BCUT2D eigenvalue weighted by Crippen LogP contribution is 1.95. The van der Waals surface area contributed by atoms with Crippen LogP contribution in [0.25, 0.3) is 0 Å². The molecule has 0 amide bonds. The zero-order valence-corrected chi connectivity index (χ0v) is 5.46. The van der Waals surface area contributed by atoms with E-state index < -0.39 is 0 Å². The second-order valence-corrected chi connectivity index (χ2v) is 1.96. The highest BCUT2D eigenvalue weighted by atomic mass is 14.9. The van der Waals surface area contributed by atoms with Gasteiger partial charge in [0.1, 0.15) is 0 Å². The van der Waals surface area contributed by atoms with Crippen molar-refractivity contribution >= 4 is 0 Å². The zero-order valence-electron chi connectivity index (χ0n) is 5.46. The van der Waals surface area contributed by atoms with Crippen LogP contribution in [-0.2, 0) is 0 Å². The molecule has 1 atom stereocenters. The highest BCUT2D eigenvalue weighted by molar-refractivity contribution is 4.86. The Bertz CT molecular complexity index is 76.6. The van der Waals surface area contributed by atoms with Crippen LogP contribution in [0.2, 0.25) is 0 Å². The van der Waals surface area contributed by atoms with E-state index in [0.29, 0.717) is 5.92 Å². The topological polar surface area (TPSA) is 52.0 Å². The molecule has 0 saturated carbocycles. The van der Waals surface area contributed by atoms with Gasteiger partial charge in [-0.05, 0) is 6.92 Å². The fourth-order valence-electron chi connectivity index (χ4n) is 0.432. The number of allylic oxidation sites excluding steroid dienone is 1. The molecule has 0 radical (unpaired) electrons. The first-order valence-corrected chi connectivity index (χ1v) is 2.82. The SMILES string of the molecule is CC=CC(C)C(N)N. The molecule has 0 aromatic carbocycles. The van der Waals surface area contributed by atoms with Crippen LogP contribution in [0.5, 0.6) is 0 Å². The molecule has 0 aliphatic carbocycles. The number of rotatable bonds is 2. The lowest BCUT2D eigenvalue weighted by Crippen LogP contribution is -2.36. The standard InChI is InChI=1S/C6H14N2/c1-3-4-5(2)6(7)8/h3-6H,7-8H2,1-2H3. The highest BCUT2D eigenvalue weighted by Gasteiger charge is 2.00. The van der Waals surface area contributed by atoms with E-state index in [1.54, 1.807) is 0 Å². The first-order valence-electron chi connectivity index (χ1n) is 2.82. The summed E-state index contributed by atoms with van der Waals surface area (Å²) >= 11 is 0. The molecule has 0 fully saturated rings. The van der Waals surface area contributed by atoms with Crippen LogP contribution in [0.4, 0.5) is 0 Å². The van der Waals surface area contributed by atoms with Gasteiger partial charge in [-0.1, -0.05) is 19.1 Å². The second kappa shape index (κ2) is 3.64. The van der Waals surface area contributed by atoms with E-state index >= 15 is 0 Å². The summed E-state index contributed by atoms with van der Waals surface area (Å²) in [6.07, 6.45) is 3.73. The minimum atomic E-state index is -0.216. The fourth-order valence-corrected chi connectivity index (χ4v) is 0.432. The Morgan fingerprint density at radius 3 is 2.00 bits per heavy atom. The normalized spacial score (nSPS) is 15.6. The van der Waals surface area contributed by atoms with Gasteiger partial charge in [0.2, 0.25) is 0 Å². The van der Waals surface area contributed by atoms with E-state index in [-0.39, 0.29) is 6.17 Å². The summed E-state index contributed by atoms with van der Waals surface area (Å²) in [4.78, 5) is 0. The smallest absolute Gasteiger partial charge is 0.0582 e. The molecule has 0 aromatic rings. The van der Waals surface area contributed by atoms with Crippen LogP contribution in [0.1, 0.15) is 13.8 Å². The molecule has 0 rings (SSSR count). The van der Waals surface area contributed by atoms with Crippen LogP contribution in [0, 0.1) is 5.92 Å². The average molecular weight is 114 g/mol. The van der Waals surface area contributed by atoms with Gasteiger partial charge in [0.05, 0.1) is 6.17 Å². The van der Waals surface area contributed by atoms with E-state index in [4.69, 9.17) is 11.5 Å². The molecule has 0 aliphatic heterocycles. The van der Waals surface area contributed by atoms with Crippen molar-refractivity contribution < 1.29 is 0 Å². The van der Waals surface area contributed by atoms with Crippen molar-refractivity contribution in [2.45, 2.75) is 20.0 Å². The Hall–Kier alpha value is -0.340. The lowest BCUT2D eigenvalue weighted by atomic mass is 10.1. The maximum absolute atomic E-state index is 5.35. The zero-order chi connectivity index (χ0) is 6.57. The maximum atomic E-state index is 5.35. The Morgan fingerprint density at radius 1 is 1.38 bits per heavy atom. The van der Waals surface area contributed by atoms with Crippen molar-refractivity contribution in [3.05, 3.63) is 12.2 Å². The van der Waals surface area contributed by atoms with Crippen molar-refractivity contribution in [2.24, 2.45) is 17.4 Å². The van der Waals surface area contributed by atoms with Crippen molar-refractivity contribution in [1.82, 2.24) is 0 Å². The predicted octanol–water partition coefficient (Wildman–Crippen LogP) is 0.442. The van der Waals surface area contributed by atoms with Crippen LogP contribution < -0.4 is 11.5 Å². The Balaban J connectivity index is 3.47. The van der Waals surface area contributed by atoms with Crippen LogP contribution in [0.3, 0.4) is 0 Å². The lowest BCUT2D eigenvalue weighted by Gasteiger charge is -2.08. The van der Waals surface area contributed by atoms with Gasteiger partial charge in [-0.25, -0.2) is 0 Å². The van der Waals surface area contributed by atoms with Gasteiger partial charge >= 0.3 is 0 Å². The molecule has 0 saturated heterocycles. The Labute approximate surface area is 50.6 Å². The number of nitrogens with two attached hydrogens (primary N) is 2. The Kier molecular flexibility index (Phi) is 3.48. The summed E-state index contributed by atoms with van der Waals surface area (Å²) < 4.78 is 0. The van der Waals surface area contributed by atoms with Crippen molar-refractivity contribution in [3.63, 3.8) is 0 Å². The number of hydrogen-bond donors (Lipinski definition) is 2. The molecule has 4 N–H and O–H groups in total. The summed E-state index contributed by atoms with van der Waals surface area (Å²) in [5.41, 5.74) is 10.7. The summed E-state index contributed by atoms with van der Waals surface area (Å²) in [5.74, 6) is 0.292.